The fourth-order valence-electron chi connectivity index (χ4n) is 1.04. The Morgan fingerprint density at radius 3 is 2.08 bits per heavy atom. The zero-order chi connectivity index (χ0) is 9.84. The second-order valence-electron chi connectivity index (χ2n) is 3.13. The normalized spacial score (nSPS) is 10.2. The van der Waals surface area contributed by atoms with Gasteiger partial charge in [0.1, 0.15) is 7.32 Å². The van der Waals surface area contributed by atoms with E-state index in [1.54, 1.807) is 12.1 Å². The van der Waals surface area contributed by atoms with Gasteiger partial charge in [-0.15, -0.1) is 0 Å². The van der Waals surface area contributed by atoms with Gasteiger partial charge in [0.05, 0.1) is 5.75 Å². The number of benzene rings is 1. The van der Waals surface area contributed by atoms with Crippen LogP contribution in [0.25, 0.3) is 0 Å². The molecule has 70 valence electrons. The number of rotatable bonds is 3. The van der Waals surface area contributed by atoms with Crippen LogP contribution in [-0.4, -0.2) is 7.32 Å². The first kappa shape index (κ1) is 10.1. The zero-order valence-electron chi connectivity index (χ0n) is 7.69. The molecule has 0 aromatic heterocycles. The maximum atomic E-state index is 10.1. The van der Waals surface area contributed by atoms with E-state index < -0.39 is 7.32 Å². The van der Waals surface area contributed by atoms with Crippen molar-refractivity contribution in [2.24, 2.45) is 0 Å². The van der Waals surface area contributed by atoms with Crippen LogP contribution >= 0.6 is 0 Å². The van der Waals surface area contributed by atoms with Crippen molar-refractivity contribution in [3.05, 3.63) is 29.8 Å². The lowest BCUT2D eigenvalue weighted by molar-refractivity contribution is -0.372. The van der Waals surface area contributed by atoms with E-state index in [1.165, 1.54) is 0 Å². The molecule has 0 heterocycles. The lowest BCUT2D eigenvalue weighted by Crippen LogP contribution is -2.50. The molecule has 0 N–H and O–H groups in total. The highest BCUT2D eigenvalue weighted by Gasteiger charge is 1.97. The van der Waals surface area contributed by atoms with Crippen LogP contribution in [-0.2, 0) is 0 Å². The summed E-state index contributed by atoms with van der Waals surface area (Å²) < 4.78 is 4.44. The van der Waals surface area contributed by atoms with E-state index in [4.69, 9.17) is 0 Å². The van der Waals surface area contributed by atoms with Crippen molar-refractivity contribution >= 4 is 7.32 Å². The second-order valence-corrected chi connectivity index (χ2v) is 3.13. The van der Waals surface area contributed by atoms with Crippen molar-refractivity contribution in [1.29, 1.82) is 0 Å². The summed E-state index contributed by atoms with van der Waals surface area (Å²) in [6, 6.07) is 6.97. The Morgan fingerprint density at radius 2 is 1.69 bits per heavy atom. The standard InChI is InChI=1S/C9H11BO3/c1-7(2)8-3-5-9(6-4-8)13-10(11)12/h3-7H,1-2H3/q-2. The van der Waals surface area contributed by atoms with Gasteiger partial charge in [0.25, 0.3) is 0 Å². The van der Waals surface area contributed by atoms with E-state index in [1.807, 2.05) is 12.1 Å². The molecule has 4 heteroatoms. The summed E-state index contributed by atoms with van der Waals surface area (Å²) in [5, 5.41) is 20.3. The summed E-state index contributed by atoms with van der Waals surface area (Å²) in [5.74, 6) is 0.767. The van der Waals surface area contributed by atoms with Crippen molar-refractivity contribution in [3.63, 3.8) is 0 Å². The Labute approximate surface area is 78.2 Å². The van der Waals surface area contributed by atoms with Crippen LogP contribution in [0.4, 0.5) is 0 Å². The smallest absolute Gasteiger partial charge is 0.133 e. The summed E-state index contributed by atoms with van der Waals surface area (Å²) in [5.41, 5.74) is 1.15. The summed E-state index contributed by atoms with van der Waals surface area (Å²) >= 11 is 0. The van der Waals surface area contributed by atoms with Crippen LogP contribution in [0, 0.1) is 0 Å². The summed E-state index contributed by atoms with van der Waals surface area (Å²) in [6.07, 6.45) is 0. The van der Waals surface area contributed by atoms with E-state index in [2.05, 4.69) is 18.5 Å². The second kappa shape index (κ2) is 4.30. The van der Waals surface area contributed by atoms with E-state index in [9.17, 15) is 10.0 Å². The third-order valence-electron chi connectivity index (χ3n) is 1.78. The molecule has 0 aliphatic carbocycles. The Kier molecular flexibility index (Phi) is 3.34. The van der Waals surface area contributed by atoms with Gasteiger partial charge in [0, 0.05) is 0 Å². The monoisotopic (exact) mass is 178 g/mol. The van der Waals surface area contributed by atoms with Gasteiger partial charge in [-0.1, -0.05) is 26.0 Å². The highest BCUT2D eigenvalue weighted by atomic mass is 16.6. The molecule has 0 saturated heterocycles. The first-order valence-electron chi connectivity index (χ1n) is 4.18. The van der Waals surface area contributed by atoms with Gasteiger partial charge in [-0.05, 0) is 23.6 Å². The van der Waals surface area contributed by atoms with Crippen molar-refractivity contribution < 1.29 is 14.7 Å². The summed E-state index contributed by atoms with van der Waals surface area (Å²) in [7, 11) is -2.25. The van der Waals surface area contributed by atoms with Crippen molar-refractivity contribution in [1.82, 2.24) is 0 Å². The predicted octanol–water partition coefficient (Wildman–Crippen LogP) is -0.106. The molecular weight excluding hydrogens is 167 g/mol. The van der Waals surface area contributed by atoms with E-state index in [0.717, 1.165) is 5.56 Å². The minimum Gasteiger partial charge on any atom is -0.860 e. The Morgan fingerprint density at radius 1 is 1.15 bits per heavy atom. The minimum absolute atomic E-state index is 0.333. The fourth-order valence-corrected chi connectivity index (χ4v) is 1.04. The molecule has 0 aliphatic heterocycles. The first-order valence-corrected chi connectivity index (χ1v) is 4.18. The van der Waals surface area contributed by atoms with Crippen molar-refractivity contribution in [2.75, 3.05) is 0 Å². The zero-order valence-corrected chi connectivity index (χ0v) is 7.69. The van der Waals surface area contributed by atoms with E-state index in [0.29, 0.717) is 11.7 Å². The van der Waals surface area contributed by atoms with Gasteiger partial charge in [-0.2, -0.15) is 0 Å². The van der Waals surface area contributed by atoms with Crippen molar-refractivity contribution in [2.45, 2.75) is 19.8 Å². The molecule has 0 fully saturated rings. The molecule has 0 spiro atoms. The van der Waals surface area contributed by atoms with Crippen LogP contribution in [0.15, 0.2) is 24.3 Å². The quantitative estimate of drug-likeness (QED) is 0.607. The molecule has 0 radical (unpaired) electrons. The summed E-state index contributed by atoms with van der Waals surface area (Å²) in [6.45, 7) is 4.14. The molecule has 0 unspecified atom stereocenters. The van der Waals surface area contributed by atoms with Crippen molar-refractivity contribution in [3.8, 4) is 5.75 Å². The average Bonchev–Trinajstić information content (AvgIpc) is 2.04. The average molecular weight is 178 g/mol. The lowest BCUT2D eigenvalue weighted by atomic mass is 10.0. The lowest BCUT2D eigenvalue weighted by Gasteiger charge is -2.26. The van der Waals surface area contributed by atoms with Gasteiger partial charge in [0.15, 0.2) is 0 Å². The van der Waals surface area contributed by atoms with Crippen LogP contribution in [0.2, 0.25) is 0 Å². The molecule has 0 aliphatic rings. The molecule has 1 aromatic rings. The van der Waals surface area contributed by atoms with Gasteiger partial charge in [-0.25, -0.2) is 0 Å². The van der Waals surface area contributed by atoms with Crippen LogP contribution in [0.3, 0.4) is 0 Å². The largest absolute Gasteiger partial charge is 0.860 e. The van der Waals surface area contributed by atoms with Crippen LogP contribution < -0.4 is 14.7 Å². The van der Waals surface area contributed by atoms with Gasteiger partial charge < -0.3 is 14.7 Å². The maximum absolute atomic E-state index is 10.1. The molecule has 0 bridgehead atoms. The predicted molar refractivity (Wildman–Crippen MR) is 46.9 cm³/mol. The number of hydrogen-bond acceptors (Lipinski definition) is 3. The summed E-state index contributed by atoms with van der Waals surface area (Å²) in [4.78, 5) is 0. The topological polar surface area (TPSA) is 55.3 Å². The van der Waals surface area contributed by atoms with E-state index in [-0.39, 0.29) is 0 Å². The molecule has 1 aromatic carbocycles. The maximum Gasteiger partial charge on any atom is 0.133 e. The molecule has 13 heavy (non-hydrogen) atoms. The number of hydrogen-bond donors (Lipinski definition) is 0. The van der Waals surface area contributed by atoms with E-state index >= 15 is 0 Å². The SMILES string of the molecule is CC(C)c1ccc(OB([O-])[O-])cc1. The third kappa shape index (κ3) is 3.09. The molecule has 0 amide bonds. The highest BCUT2D eigenvalue weighted by Crippen LogP contribution is 2.18. The third-order valence-corrected chi connectivity index (χ3v) is 1.78. The van der Waals surface area contributed by atoms with Gasteiger partial charge >= 0.3 is 0 Å². The highest BCUT2D eigenvalue weighted by molar-refractivity contribution is 6.29. The molecule has 0 atom stereocenters. The first-order chi connectivity index (χ1) is 6.09. The van der Waals surface area contributed by atoms with Gasteiger partial charge in [-0.3, -0.25) is 0 Å². The van der Waals surface area contributed by atoms with Crippen LogP contribution in [0.5, 0.6) is 5.75 Å². The molecule has 3 nitrogen and oxygen atoms in total. The van der Waals surface area contributed by atoms with Crippen LogP contribution in [0.1, 0.15) is 25.3 Å². The molecular formula is C9H11BO3-2. The van der Waals surface area contributed by atoms with Gasteiger partial charge in [0.2, 0.25) is 0 Å². The molecule has 1 rings (SSSR count). The Hall–Kier alpha value is -0.995. The Balaban J connectivity index is 2.70. The Bertz CT molecular complexity index is 256. The minimum atomic E-state index is -2.25. The molecule has 0 saturated carbocycles. The fraction of sp³-hybridized carbons (Fsp3) is 0.333.